The van der Waals surface area contributed by atoms with Gasteiger partial charge in [0, 0.05) is 11.6 Å². The molecule has 86 valence electrons. The van der Waals surface area contributed by atoms with Crippen LogP contribution in [0.15, 0.2) is 30.3 Å². The van der Waals surface area contributed by atoms with Crippen molar-refractivity contribution in [2.45, 2.75) is 25.3 Å². The minimum absolute atomic E-state index is 0.0194. The Kier molecular flexibility index (Phi) is 3.57. The van der Waals surface area contributed by atoms with E-state index in [1.54, 1.807) is 0 Å². The summed E-state index contributed by atoms with van der Waals surface area (Å²) in [5, 5.41) is 3.08. The van der Waals surface area contributed by atoms with Crippen LogP contribution in [0.25, 0.3) is 0 Å². The fourth-order valence-electron chi connectivity index (χ4n) is 2.35. The number of benzene rings is 1. The van der Waals surface area contributed by atoms with Gasteiger partial charge in [-0.2, -0.15) is 0 Å². The molecule has 1 fully saturated rings. The van der Waals surface area contributed by atoms with Gasteiger partial charge in [0.15, 0.2) is 0 Å². The number of nitrogens with one attached hydrogen (secondary N) is 1. The first-order chi connectivity index (χ1) is 7.81. The average molecular weight is 218 g/mol. The van der Waals surface area contributed by atoms with E-state index < -0.39 is 0 Å². The number of hydrogen-bond donors (Lipinski definition) is 2. The van der Waals surface area contributed by atoms with Crippen LogP contribution in [0.4, 0.5) is 0 Å². The summed E-state index contributed by atoms with van der Waals surface area (Å²) in [7, 11) is 0. The summed E-state index contributed by atoms with van der Waals surface area (Å²) in [5.74, 6) is 0.471. The Morgan fingerprint density at radius 1 is 1.31 bits per heavy atom. The third-order valence-corrected chi connectivity index (χ3v) is 3.31. The lowest BCUT2D eigenvalue weighted by atomic mass is 10.0. The summed E-state index contributed by atoms with van der Waals surface area (Å²) < 4.78 is 0. The van der Waals surface area contributed by atoms with E-state index in [0.29, 0.717) is 12.5 Å². The Hall–Kier alpha value is -1.35. The van der Waals surface area contributed by atoms with Crippen molar-refractivity contribution in [3.63, 3.8) is 0 Å². The highest BCUT2D eigenvalue weighted by molar-refractivity contribution is 5.94. The van der Waals surface area contributed by atoms with E-state index in [2.05, 4.69) is 5.32 Å². The van der Waals surface area contributed by atoms with Gasteiger partial charge in [-0.1, -0.05) is 24.6 Å². The molecular weight excluding hydrogens is 200 g/mol. The lowest BCUT2D eigenvalue weighted by Crippen LogP contribution is -2.39. The predicted octanol–water partition coefficient (Wildman–Crippen LogP) is 1.54. The van der Waals surface area contributed by atoms with Crippen LogP contribution in [0.1, 0.15) is 29.6 Å². The fraction of sp³-hybridized carbons (Fsp3) is 0.462. The van der Waals surface area contributed by atoms with Crippen molar-refractivity contribution in [1.82, 2.24) is 5.32 Å². The van der Waals surface area contributed by atoms with E-state index in [-0.39, 0.29) is 11.9 Å². The van der Waals surface area contributed by atoms with E-state index >= 15 is 0 Å². The highest BCUT2D eigenvalue weighted by Gasteiger charge is 2.27. The normalized spacial score (nSPS) is 24.3. The summed E-state index contributed by atoms with van der Waals surface area (Å²) in [6, 6.07) is 9.60. The monoisotopic (exact) mass is 218 g/mol. The molecule has 2 rings (SSSR count). The van der Waals surface area contributed by atoms with Gasteiger partial charge in [-0.05, 0) is 37.4 Å². The highest BCUT2D eigenvalue weighted by atomic mass is 16.1. The number of hydrogen-bond acceptors (Lipinski definition) is 2. The third kappa shape index (κ3) is 2.42. The molecule has 1 aromatic rings. The smallest absolute Gasteiger partial charge is 0.251 e. The van der Waals surface area contributed by atoms with Crippen molar-refractivity contribution >= 4 is 5.91 Å². The molecule has 1 aliphatic rings. The van der Waals surface area contributed by atoms with Crippen molar-refractivity contribution < 1.29 is 4.79 Å². The second-order valence-electron chi connectivity index (χ2n) is 4.37. The maximum Gasteiger partial charge on any atom is 0.251 e. The number of rotatable bonds is 3. The molecular formula is C13H18N2O. The molecule has 1 aliphatic carbocycles. The zero-order valence-electron chi connectivity index (χ0n) is 9.36. The summed E-state index contributed by atoms with van der Waals surface area (Å²) >= 11 is 0. The van der Waals surface area contributed by atoms with Gasteiger partial charge in [0.1, 0.15) is 0 Å². The van der Waals surface area contributed by atoms with Crippen molar-refractivity contribution in [1.29, 1.82) is 0 Å². The second kappa shape index (κ2) is 5.12. The van der Waals surface area contributed by atoms with Gasteiger partial charge in [0.2, 0.25) is 0 Å². The minimum atomic E-state index is 0.0194. The molecule has 1 aromatic carbocycles. The fourth-order valence-corrected chi connectivity index (χ4v) is 2.35. The first-order valence-electron chi connectivity index (χ1n) is 5.87. The van der Waals surface area contributed by atoms with E-state index in [1.807, 2.05) is 30.3 Å². The largest absolute Gasteiger partial charge is 0.349 e. The Morgan fingerprint density at radius 3 is 2.75 bits per heavy atom. The molecule has 0 aliphatic heterocycles. The first-order valence-corrected chi connectivity index (χ1v) is 5.87. The molecule has 0 bridgehead atoms. The molecule has 0 aromatic heterocycles. The quantitative estimate of drug-likeness (QED) is 0.808. The van der Waals surface area contributed by atoms with E-state index in [4.69, 9.17) is 5.73 Å². The third-order valence-electron chi connectivity index (χ3n) is 3.31. The van der Waals surface area contributed by atoms with Gasteiger partial charge in [-0.25, -0.2) is 0 Å². The van der Waals surface area contributed by atoms with Crippen molar-refractivity contribution in [3.8, 4) is 0 Å². The van der Waals surface area contributed by atoms with Crippen LogP contribution < -0.4 is 11.1 Å². The molecule has 1 amide bonds. The molecule has 0 saturated heterocycles. The Morgan fingerprint density at radius 2 is 2.06 bits per heavy atom. The second-order valence-corrected chi connectivity index (χ2v) is 4.37. The van der Waals surface area contributed by atoms with E-state index in [1.165, 1.54) is 6.42 Å². The average Bonchev–Trinajstić information content (AvgIpc) is 2.77. The van der Waals surface area contributed by atoms with Gasteiger partial charge < -0.3 is 11.1 Å². The number of nitrogens with two attached hydrogens (primary N) is 1. The molecule has 16 heavy (non-hydrogen) atoms. The van der Waals surface area contributed by atoms with Gasteiger partial charge in [0.25, 0.3) is 5.91 Å². The Balaban J connectivity index is 1.97. The molecule has 3 nitrogen and oxygen atoms in total. The van der Waals surface area contributed by atoms with Gasteiger partial charge in [0.05, 0.1) is 0 Å². The topological polar surface area (TPSA) is 55.1 Å². The lowest BCUT2D eigenvalue weighted by Gasteiger charge is -2.19. The van der Waals surface area contributed by atoms with Crippen molar-refractivity contribution in [2.75, 3.05) is 6.54 Å². The molecule has 3 N–H and O–H groups in total. The van der Waals surface area contributed by atoms with Crippen LogP contribution >= 0.6 is 0 Å². The molecule has 3 heteroatoms. The van der Waals surface area contributed by atoms with Crippen LogP contribution in [-0.2, 0) is 0 Å². The summed E-state index contributed by atoms with van der Waals surface area (Å²) in [6.07, 6.45) is 3.36. The van der Waals surface area contributed by atoms with Crippen LogP contribution in [-0.4, -0.2) is 18.5 Å². The van der Waals surface area contributed by atoms with Crippen LogP contribution in [0.5, 0.6) is 0 Å². The number of amides is 1. The van der Waals surface area contributed by atoms with Crippen LogP contribution in [0.3, 0.4) is 0 Å². The zero-order chi connectivity index (χ0) is 11.4. The standard InChI is InChI=1S/C13H18N2O/c14-9-11-7-4-8-12(11)15-13(16)10-5-2-1-3-6-10/h1-3,5-6,11-12H,4,7-9,14H2,(H,15,16)/t11-,12-/m0/s1. The molecule has 0 unspecified atom stereocenters. The van der Waals surface area contributed by atoms with Crippen molar-refractivity contribution in [3.05, 3.63) is 35.9 Å². The van der Waals surface area contributed by atoms with Crippen molar-refractivity contribution in [2.24, 2.45) is 11.7 Å². The number of carbonyl (C=O) groups is 1. The first kappa shape index (κ1) is 11.1. The van der Waals surface area contributed by atoms with E-state index in [0.717, 1.165) is 18.4 Å². The summed E-state index contributed by atoms with van der Waals surface area (Å²) in [5.41, 5.74) is 6.41. The molecule has 0 heterocycles. The maximum atomic E-state index is 11.9. The Bertz CT molecular complexity index is 350. The Labute approximate surface area is 96.0 Å². The zero-order valence-corrected chi connectivity index (χ0v) is 9.36. The van der Waals surface area contributed by atoms with Gasteiger partial charge in [-0.3, -0.25) is 4.79 Å². The lowest BCUT2D eigenvalue weighted by molar-refractivity contribution is 0.0929. The van der Waals surface area contributed by atoms with Crippen LogP contribution in [0.2, 0.25) is 0 Å². The predicted molar refractivity (Wildman–Crippen MR) is 64.1 cm³/mol. The van der Waals surface area contributed by atoms with Gasteiger partial charge >= 0.3 is 0 Å². The summed E-state index contributed by atoms with van der Waals surface area (Å²) in [6.45, 7) is 0.666. The molecule has 1 saturated carbocycles. The molecule has 0 radical (unpaired) electrons. The number of carbonyl (C=O) groups excluding carboxylic acids is 1. The summed E-state index contributed by atoms with van der Waals surface area (Å²) in [4.78, 5) is 11.9. The molecule has 0 spiro atoms. The maximum absolute atomic E-state index is 11.9. The van der Waals surface area contributed by atoms with Gasteiger partial charge in [-0.15, -0.1) is 0 Å². The SMILES string of the molecule is NC[C@@H]1CCC[C@@H]1NC(=O)c1ccccc1. The highest BCUT2D eigenvalue weighted by Crippen LogP contribution is 2.24. The minimum Gasteiger partial charge on any atom is -0.349 e. The van der Waals surface area contributed by atoms with E-state index in [9.17, 15) is 4.79 Å². The van der Waals surface area contributed by atoms with Crippen LogP contribution in [0, 0.1) is 5.92 Å². The molecule has 2 atom stereocenters.